The van der Waals surface area contributed by atoms with E-state index in [0.29, 0.717) is 13.2 Å². The molecule has 5 heteroatoms. The normalized spacial score (nSPS) is 10.8. The summed E-state index contributed by atoms with van der Waals surface area (Å²) in [6, 6.07) is 18.1. The predicted molar refractivity (Wildman–Crippen MR) is 103 cm³/mol. The van der Waals surface area contributed by atoms with E-state index in [1.54, 1.807) is 6.92 Å². The number of ether oxygens (including phenoxy) is 1. The van der Waals surface area contributed by atoms with Gasteiger partial charge in [-0.15, -0.1) is 0 Å². The molecule has 1 N–H and O–H groups in total. The molecule has 0 fully saturated rings. The van der Waals surface area contributed by atoms with E-state index in [1.165, 1.54) is 0 Å². The SMILES string of the molecule is CC(=O)NCCCc1nc2ccccc2n1CCCOc1ccccc1. The van der Waals surface area contributed by atoms with Crippen molar-refractivity contribution in [3.63, 3.8) is 0 Å². The lowest BCUT2D eigenvalue weighted by Crippen LogP contribution is -2.21. The van der Waals surface area contributed by atoms with Gasteiger partial charge in [0, 0.05) is 26.4 Å². The first kappa shape index (κ1) is 18.0. The van der Waals surface area contributed by atoms with E-state index < -0.39 is 0 Å². The zero-order valence-corrected chi connectivity index (χ0v) is 15.1. The molecule has 0 saturated carbocycles. The third-order valence-corrected chi connectivity index (χ3v) is 4.22. The van der Waals surface area contributed by atoms with Crippen LogP contribution in [0.3, 0.4) is 0 Å². The van der Waals surface area contributed by atoms with Gasteiger partial charge in [-0.3, -0.25) is 4.79 Å². The van der Waals surface area contributed by atoms with Crippen molar-refractivity contribution in [2.24, 2.45) is 0 Å². The van der Waals surface area contributed by atoms with Gasteiger partial charge in [0.2, 0.25) is 5.91 Å². The minimum atomic E-state index is 0.0107. The first-order valence-electron chi connectivity index (χ1n) is 9.10. The van der Waals surface area contributed by atoms with Crippen LogP contribution in [-0.4, -0.2) is 28.6 Å². The topological polar surface area (TPSA) is 56.2 Å². The summed E-state index contributed by atoms with van der Waals surface area (Å²) in [6.45, 7) is 3.75. The van der Waals surface area contributed by atoms with E-state index >= 15 is 0 Å². The van der Waals surface area contributed by atoms with Crippen LogP contribution in [0.5, 0.6) is 5.75 Å². The van der Waals surface area contributed by atoms with Crippen molar-refractivity contribution in [1.29, 1.82) is 0 Å². The van der Waals surface area contributed by atoms with E-state index in [4.69, 9.17) is 9.72 Å². The number of para-hydroxylation sites is 3. The first-order valence-corrected chi connectivity index (χ1v) is 9.10. The summed E-state index contributed by atoms with van der Waals surface area (Å²) in [5.74, 6) is 1.98. The summed E-state index contributed by atoms with van der Waals surface area (Å²) in [4.78, 5) is 15.8. The monoisotopic (exact) mass is 351 g/mol. The molecule has 0 saturated heterocycles. The van der Waals surface area contributed by atoms with Crippen molar-refractivity contribution in [3.8, 4) is 5.75 Å². The Balaban J connectivity index is 1.61. The fraction of sp³-hybridized carbons (Fsp3) is 0.333. The van der Waals surface area contributed by atoms with Gasteiger partial charge in [-0.05, 0) is 37.1 Å². The lowest BCUT2D eigenvalue weighted by atomic mass is 10.3. The van der Waals surface area contributed by atoms with E-state index in [0.717, 1.165) is 48.4 Å². The molecule has 1 aromatic heterocycles. The molecule has 5 nitrogen and oxygen atoms in total. The molecular weight excluding hydrogens is 326 g/mol. The summed E-state index contributed by atoms with van der Waals surface area (Å²) in [5, 5.41) is 2.84. The molecule has 0 radical (unpaired) electrons. The molecule has 1 heterocycles. The van der Waals surface area contributed by atoms with Gasteiger partial charge in [0.1, 0.15) is 11.6 Å². The Morgan fingerprint density at radius 3 is 2.65 bits per heavy atom. The number of carbonyl (C=O) groups excluding carboxylic acids is 1. The number of hydrogen-bond acceptors (Lipinski definition) is 3. The maximum Gasteiger partial charge on any atom is 0.216 e. The third-order valence-electron chi connectivity index (χ3n) is 4.22. The van der Waals surface area contributed by atoms with Crippen LogP contribution in [0.2, 0.25) is 0 Å². The maximum absolute atomic E-state index is 11.0. The second-order valence-electron chi connectivity index (χ2n) is 6.27. The number of hydrogen-bond donors (Lipinski definition) is 1. The molecule has 3 aromatic rings. The molecule has 0 bridgehead atoms. The highest BCUT2D eigenvalue weighted by molar-refractivity contribution is 5.76. The first-order chi connectivity index (χ1) is 12.7. The molecule has 2 aromatic carbocycles. The largest absolute Gasteiger partial charge is 0.494 e. The van der Waals surface area contributed by atoms with Crippen LogP contribution < -0.4 is 10.1 Å². The Morgan fingerprint density at radius 2 is 1.85 bits per heavy atom. The molecule has 0 atom stereocenters. The molecule has 136 valence electrons. The molecule has 0 spiro atoms. The quantitative estimate of drug-likeness (QED) is 0.600. The zero-order valence-electron chi connectivity index (χ0n) is 15.1. The second kappa shape index (κ2) is 9.04. The number of imidazole rings is 1. The van der Waals surface area contributed by atoms with Gasteiger partial charge in [0.05, 0.1) is 17.6 Å². The molecule has 0 unspecified atom stereocenters. The van der Waals surface area contributed by atoms with E-state index in [1.807, 2.05) is 48.5 Å². The number of amides is 1. The fourth-order valence-electron chi connectivity index (χ4n) is 3.01. The fourth-order valence-corrected chi connectivity index (χ4v) is 3.01. The molecule has 3 rings (SSSR count). The molecule has 26 heavy (non-hydrogen) atoms. The maximum atomic E-state index is 11.0. The molecule has 0 aliphatic carbocycles. The average Bonchev–Trinajstić information content (AvgIpc) is 3.01. The molecular formula is C21H25N3O2. The van der Waals surface area contributed by atoms with Crippen LogP contribution in [-0.2, 0) is 17.8 Å². The number of benzene rings is 2. The van der Waals surface area contributed by atoms with Gasteiger partial charge in [-0.25, -0.2) is 4.98 Å². The average molecular weight is 351 g/mol. The van der Waals surface area contributed by atoms with Crippen LogP contribution in [0.15, 0.2) is 54.6 Å². The second-order valence-corrected chi connectivity index (χ2v) is 6.27. The minimum absolute atomic E-state index is 0.0107. The number of aromatic nitrogens is 2. The van der Waals surface area contributed by atoms with Crippen molar-refractivity contribution >= 4 is 16.9 Å². The molecule has 0 aliphatic heterocycles. The Kier molecular flexibility index (Phi) is 6.25. The smallest absolute Gasteiger partial charge is 0.216 e. The van der Waals surface area contributed by atoms with Crippen molar-refractivity contribution in [2.75, 3.05) is 13.2 Å². The lowest BCUT2D eigenvalue weighted by Gasteiger charge is -2.10. The van der Waals surface area contributed by atoms with Crippen molar-refractivity contribution in [2.45, 2.75) is 32.7 Å². The van der Waals surface area contributed by atoms with Crippen molar-refractivity contribution in [3.05, 3.63) is 60.4 Å². The summed E-state index contributed by atoms with van der Waals surface area (Å²) >= 11 is 0. The number of fused-ring (bicyclic) bond motifs is 1. The Labute approximate surface area is 154 Å². The van der Waals surface area contributed by atoms with E-state index in [2.05, 4.69) is 16.0 Å². The Bertz CT molecular complexity index is 843. The molecule has 1 amide bonds. The summed E-state index contributed by atoms with van der Waals surface area (Å²) in [6.07, 6.45) is 2.63. The summed E-state index contributed by atoms with van der Waals surface area (Å²) in [5.41, 5.74) is 2.17. The van der Waals surface area contributed by atoms with Gasteiger partial charge in [0.25, 0.3) is 0 Å². The standard InChI is InChI=1S/C21H25N3O2/c1-17(25)22-14-7-13-21-23-19-11-5-6-12-20(19)24(21)15-8-16-26-18-9-3-2-4-10-18/h2-6,9-12H,7-8,13-16H2,1H3,(H,22,25). The van der Waals surface area contributed by atoms with Gasteiger partial charge in [-0.1, -0.05) is 30.3 Å². The number of nitrogens with zero attached hydrogens (tertiary/aromatic N) is 2. The van der Waals surface area contributed by atoms with Gasteiger partial charge in [-0.2, -0.15) is 0 Å². The van der Waals surface area contributed by atoms with Crippen LogP contribution >= 0.6 is 0 Å². The van der Waals surface area contributed by atoms with Crippen molar-refractivity contribution < 1.29 is 9.53 Å². The van der Waals surface area contributed by atoms with E-state index in [9.17, 15) is 4.79 Å². The lowest BCUT2D eigenvalue weighted by molar-refractivity contribution is -0.118. The highest BCUT2D eigenvalue weighted by Gasteiger charge is 2.10. The van der Waals surface area contributed by atoms with Gasteiger partial charge in [0.15, 0.2) is 0 Å². The van der Waals surface area contributed by atoms with Crippen LogP contribution in [0.1, 0.15) is 25.6 Å². The van der Waals surface area contributed by atoms with Crippen molar-refractivity contribution in [1.82, 2.24) is 14.9 Å². The third kappa shape index (κ3) is 4.85. The van der Waals surface area contributed by atoms with E-state index in [-0.39, 0.29) is 5.91 Å². The summed E-state index contributed by atoms with van der Waals surface area (Å²) < 4.78 is 8.08. The highest BCUT2D eigenvalue weighted by atomic mass is 16.5. The van der Waals surface area contributed by atoms with Gasteiger partial charge >= 0.3 is 0 Å². The number of carbonyl (C=O) groups is 1. The highest BCUT2D eigenvalue weighted by Crippen LogP contribution is 2.18. The Morgan fingerprint density at radius 1 is 1.08 bits per heavy atom. The zero-order chi connectivity index (χ0) is 18.2. The predicted octanol–water partition coefficient (Wildman–Crippen LogP) is 3.57. The van der Waals surface area contributed by atoms with Gasteiger partial charge < -0.3 is 14.6 Å². The number of rotatable bonds is 9. The van der Waals surface area contributed by atoms with Crippen LogP contribution in [0.25, 0.3) is 11.0 Å². The molecule has 0 aliphatic rings. The Hall–Kier alpha value is -2.82. The minimum Gasteiger partial charge on any atom is -0.494 e. The van der Waals surface area contributed by atoms with Crippen LogP contribution in [0.4, 0.5) is 0 Å². The number of aryl methyl sites for hydroxylation is 2. The summed E-state index contributed by atoms with van der Waals surface area (Å²) in [7, 11) is 0. The number of nitrogens with one attached hydrogen (secondary N) is 1. The van der Waals surface area contributed by atoms with Crippen LogP contribution in [0, 0.1) is 0 Å².